The summed E-state index contributed by atoms with van der Waals surface area (Å²) in [6.45, 7) is 0. The lowest BCUT2D eigenvalue weighted by Crippen LogP contribution is -1.99. The molecule has 0 spiro atoms. The van der Waals surface area contributed by atoms with Crippen molar-refractivity contribution in [2.24, 2.45) is 0 Å². The van der Waals surface area contributed by atoms with E-state index in [4.69, 9.17) is 0 Å². The first-order chi connectivity index (χ1) is 9.88. The number of rotatable bonds is 5. The van der Waals surface area contributed by atoms with E-state index in [9.17, 15) is 4.79 Å². The molecular formula is C16H14N2OS. The first-order valence-corrected chi connectivity index (χ1v) is 7.38. The Bertz CT molecular complexity index is 687. The maximum Gasteiger partial charge on any atom is 0.120 e. The molecule has 0 aliphatic carbocycles. The van der Waals surface area contributed by atoms with Crippen molar-refractivity contribution < 1.29 is 4.79 Å². The molecule has 0 amide bonds. The highest BCUT2D eigenvalue weighted by Crippen LogP contribution is 2.28. The van der Waals surface area contributed by atoms with Gasteiger partial charge in [0.15, 0.2) is 0 Å². The second kappa shape index (κ2) is 5.84. The van der Waals surface area contributed by atoms with Crippen LogP contribution in [0.25, 0.3) is 16.3 Å². The summed E-state index contributed by atoms with van der Waals surface area (Å²) in [7, 11) is 0. The normalized spacial score (nSPS) is 10.6. The van der Waals surface area contributed by atoms with E-state index in [0.29, 0.717) is 12.8 Å². The number of thiophene rings is 1. The van der Waals surface area contributed by atoms with Gasteiger partial charge in [-0.25, -0.2) is 4.68 Å². The topological polar surface area (TPSA) is 34.9 Å². The van der Waals surface area contributed by atoms with Crippen LogP contribution in [0.5, 0.6) is 0 Å². The van der Waals surface area contributed by atoms with Crippen LogP contribution in [-0.2, 0) is 11.2 Å². The molecule has 1 aromatic carbocycles. The highest BCUT2D eigenvalue weighted by Gasteiger charge is 2.12. The number of hydrogen-bond acceptors (Lipinski definition) is 3. The molecular weight excluding hydrogens is 268 g/mol. The monoisotopic (exact) mass is 282 g/mol. The average Bonchev–Trinajstić information content (AvgIpc) is 3.15. The Labute approximate surface area is 121 Å². The molecule has 0 atom stereocenters. The summed E-state index contributed by atoms with van der Waals surface area (Å²) in [5.41, 5.74) is 3.06. The number of para-hydroxylation sites is 1. The number of hydrogen-bond donors (Lipinski definition) is 0. The van der Waals surface area contributed by atoms with Crippen LogP contribution in [-0.4, -0.2) is 16.1 Å². The van der Waals surface area contributed by atoms with Crippen LogP contribution in [0.1, 0.15) is 12.1 Å². The van der Waals surface area contributed by atoms with Crippen molar-refractivity contribution in [3.8, 4) is 16.3 Å². The van der Waals surface area contributed by atoms with Crippen LogP contribution in [0.2, 0.25) is 0 Å². The van der Waals surface area contributed by atoms with Crippen LogP contribution in [0.15, 0.2) is 53.9 Å². The third-order valence-electron chi connectivity index (χ3n) is 3.05. The summed E-state index contributed by atoms with van der Waals surface area (Å²) in [6.07, 6.45) is 2.13. The fourth-order valence-corrected chi connectivity index (χ4v) is 2.85. The Balaban J connectivity index is 2.07. The molecule has 0 saturated heterocycles. The van der Waals surface area contributed by atoms with E-state index >= 15 is 0 Å². The minimum atomic E-state index is 0.510. The van der Waals surface area contributed by atoms with Gasteiger partial charge in [0, 0.05) is 6.42 Å². The Morgan fingerprint density at radius 1 is 1.15 bits per heavy atom. The molecule has 0 bridgehead atoms. The second-order valence-electron chi connectivity index (χ2n) is 4.45. The van der Waals surface area contributed by atoms with Gasteiger partial charge < -0.3 is 4.79 Å². The van der Waals surface area contributed by atoms with Gasteiger partial charge in [-0.15, -0.1) is 11.3 Å². The van der Waals surface area contributed by atoms with E-state index in [-0.39, 0.29) is 0 Å². The Morgan fingerprint density at radius 2 is 2.00 bits per heavy atom. The van der Waals surface area contributed by atoms with E-state index in [2.05, 4.69) is 22.6 Å². The number of benzene rings is 1. The van der Waals surface area contributed by atoms with Crippen LogP contribution >= 0.6 is 11.3 Å². The number of carbonyl (C=O) groups is 1. The molecule has 0 saturated carbocycles. The predicted molar refractivity (Wildman–Crippen MR) is 81.3 cm³/mol. The fraction of sp³-hybridized carbons (Fsp3) is 0.125. The third-order valence-corrected chi connectivity index (χ3v) is 3.95. The summed E-state index contributed by atoms with van der Waals surface area (Å²) in [4.78, 5) is 11.7. The second-order valence-corrected chi connectivity index (χ2v) is 5.40. The minimum absolute atomic E-state index is 0.510. The van der Waals surface area contributed by atoms with Crippen molar-refractivity contribution in [1.29, 1.82) is 0 Å². The van der Waals surface area contributed by atoms with E-state index in [1.807, 2.05) is 41.1 Å². The van der Waals surface area contributed by atoms with Gasteiger partial charge in [-0.3, -0.25) is 0 Å². The maximum atomic E-state index is 10.5. The minimum Gasteiger partial charge on any atom is -0.303 e. The van der Waals surface area contributed by atoms with Crippen molar-refractivity contribution in [3.63, 3.8) is 0 Å². The van der Waals surface area contributed by atoms with Gasteiger partial charge in [0.2, 0.25) is 0 Å². The SMILES string of the molecule is O=CCCc1cc(-c2cccs2)n(-c2ccccc2)n1. The first kappa shape index (κ1) is 12.8. The average molecular weight is 282 g/mol. The van der Waals surface area contributed by atoms with Crippen molar-refractivity contribution >= 4 is 17.6 Å². The predicted octanol–water partition coefficient (Wildman–Crippen LogP) is 3.73. The van der Waals surface area contributed by atoms with Gasteiger partial charge in [-0.2, -0.15) is 5.10 Å². The summed E-state index contributed by atoms with van der Waals surface area (Å²) in [5.74, 6) is 0. The summed E-state index contributed by atoms with van der Waals surface area (Å²) < 4.78 is 1.95. The number of nitrogens with zero attached hydrogens (tertiary/aromatic N) is 2. The fourth-order valence-electron chi connectivity index (χ4n) is 2.12. The van der Waals surface area contributed by atoms with Crippen LogP contribution in [0.4, 0.5) is 0 Å². The molecule has 2 heterocycles. The molecule has 3 nitrogen and oxygen atoms in total. The maximum absolute atomic E-state index is 10.5. The van der Waals surface area contributed by atoms with Crippen LogP contribution in [0, 0.1) is 0 Å². The van der Waals surface area contributed by atoms with Gasteiger partial charge in [0.25, 0.3) is 0 Å². The molecule has 0 aliphatic rings. The largest absolute Gasteiger partial charge is 0.303 e. The molecule has 100 valence electrons. The quantitative estimate of drug-likeness (QED) is 0.668. The molecule has 2 aromatic heterocycles. The highest BCUT2D eigenvalue weighted by atomic mass is 32.1. The summed E-state index contributed by atoms with van der Waals surface area (Å²) in [5, 5.41) is 6.70. The van der Waals surface area contributed by atoms with Crippen molar-refractivity contribution in [2.75, 3.05) is 0 Å². The molecule has 20 heavy (non-hydrogen) atoms. The third kappa shape index (κ3) is 2.56. The molecule has 0 radical (unpaired) electrons. The molecule has 3 rings (SSSR count). The number of aromatic nitrogens is 2. The van der Waals surface area contributed by atoms with E-state index < -0.39 is 0 Å². The molecule has 0 aliphatic heterocycles. The van der Waals surface area contributed by atoms with Gasteiger partial charge in [0.05, 0.1) is 22.0 Å². The zero-order chi connectivity index (χ0) is 13.8. The molecule has 0 fully saturated rings. The van der Waals surface area contributed by atoms with Crippen molar-refractivity contribution in [2.45, 2.75) is 12.8 Å². The van der Waals surface area contributed by atoms with E-state index in [1.54, 1.807) is 11.3 Å². The molecule has 0 unspecified atom stereocenters. The molecule has 3 aromatic rings. The lowest BCUT2D eigenvalue weighted by atomic mass is 10.2. The van der Waals surface area contributed by atoms with E-state index in [1.165, 1.54) is 4.88 Å². The van der Waals surface area contributed by atoms with Crippen molar-refractivity contribution in [3.05, 3.63) is 59.6 Å². The molecule has 4 heteroatoms. The van der Waals surface area contributed by atoms with Crippen LogP contribution < -0.4 is 0 Å². The van der Waals surface area contributed by atoms with Gasteiger partial charge in [0.1, 0.15) is 6.29 Å². The standard InChI is InChI=1S/C16H14N2OS/c19-10-4-6-13-12-15(16-9-5-11-20-16)18(17-13)14-7-2-1-3-8-14/h1-3,5,7-12H,4,6H2. The number of carbonyl (C=O) groups excluding carboxylic acids is 1. The smallest absolute Gasteiger partial charge is 0.120 e. The molecule has 0 N–H and O–H groups in total. The lowest BCUT2D eigenvalue weighted by molar-refractivity contribution is -0.107. The van der Waals surface area contributed by atoms with Crippen molar-refractivity contribution in [1.82, 2.24) is 9.78 Å². The van der Waals surface area contributed by atoms with Crippen LogP contribution in [0.3, 0.4) is 0 Å². The lowest BCUT2D eigenvalue weighted by Gasteiger charge is -2.05. The zero-order valence-electron chi connectivity index (χ0n) is 10.9. The van der Waals surface area contributed by atoms with E-state index in [0.717, 1.165) is 23.4 Å². The first-order valence-electron chi connectivity index (χ1n) is 6.50. The Kier molecular flexibility index (Phi) is 3.74. The zero-order valence-corrected chi connectivity index (χ0v) is 11.7. The number of aldehydes is 1. The summed E-state index contributed by atoms with van der Waals surface area (Å²) in [6, 6.07) is 16.3. The summed E-state index contributed by atoms with van der Waals surface area (Å²) >= 11 is 1.69. The number of aryl methyl sites for hydroxylation is 1. The Hall–Kier alpha value is -2.20. The Morgan fingerprint density at radius 3 is 2.70 bits per heavy atom. The van der Waals surface area contributed by atoms with Gasteiger partial charge in [-0.1, -0.05) is 24.3 Å². The highest BCUT2D eigenvalue weighted by molar-refractivity contribution is 7.13. The van der Waals surface area contributed by atoms with Gasteiger partial charge >= 0.3 is 0 Å². The van der Waals surface area contributed by atoms with Gasteiger partial charge in [-0.05, 0) is 36.1 Å².